The molecule has 2 heterocycles. The van der Waals surface area contributed by atoms with Crippen LogP contribution in [-0.2, 0) is 11.2 Å². The summed E-state index contributed by atoms with van der Waals surface area (Å²) in [6.07, 6.45) is 0.683. The van der Waals surface area contributed by atoms with Crippen molar-refractivity contribution in [1.82, 2.24) is 20.6 Å². The number of aromatic amines is 1. The first kappa shape index (κ1) is 14.9. The van der Waals surface area contributed by atoms with Gasteiger partial charge in [-0.2, -0.15) is 5.21 Å². The molecule has 0 saturated carbocycles. The second-order valence-corrected chi connectivity index (χ2v) is 6.79. The molecule has 4 rings (SSSR count). The number of benzene rings is 2. The van der Waals surface area contributed by atoms with Crippen molar-refractivity contribution in [3.63, 3.8) is 0 Å². The molecule has 7 heteroatoms. The average Bonchev–Trinajstić information content (AvgIpc) is 3.25. The number of H-pyrrole nitrogens is 1. The summed E-state index contributed by atoms with van der Waals surface area (Å²) in [6, 6.07) is 20.0. The molecule has 1 N–H and O–H groups in total. The van der Waals surface area contributed by atoms with E-state index in [-0.39, 0.29) is 16.5 Å². The molecule has 2 aromatic carbocycles. The predicted molar refractivity (Wildman–Crippen MR) is 92.4 cm³/mol. The van der Waals surface area contributed by atoms with E-state index in [1.807, 2.05) is 60.7 Å². The number of aromatic nitrogens is 4. The highest BCUT2D eigenvalue weighted by Gasteiger charge is 2.43. The van der Waals surface area contributed by atoms with E-state index >= 15 is 0 Å². The molecule has 0 spiro atoms. The van der Waals surface area contributed by atoms with Gasteiger partial charge in [0.05, 0.1) is 5.25 Å². The van der Waals surface area contributed by atoms with Gasteiger partial charge < -0.3 is 0 Å². The first-order chi connectivity index (χ1) is 11.8. The summed E-state index contributed by atoms with van der Waals surface area (Å²) in [5.41, 5.74) is 2.20. The maximum atomic E-state index is 13.0. The summed E-state index contributed by atoms with van der Waals surface area (Å²) >= 11 is 1.63. The van der Waals surface area contributed by atoms with Gasteiger partial charge in [0.2, 0.25) is 5.91 Å². The second kappa shape index (κ2) is 6.45. The normalized spacial score (nSPS) is 20.5. The van der Waals surface area contributed by atoms with Crippen LogP contribution >= 0.6 is 11.8 Å². The van der Waals surface area contributed by atoms with Crippen LogP contribution in [0.25, 0.3) is 0 Å². The molecule has 1 saturated heterocycles. The van der Waals surface area contributed by atoms with Crippen molar-refractivity contribution in [2.45, 2.75) is 17.0 Å². The molecule has 120 valence electrons. The molecule has 0 bridgehead atoms. The topological polar surface area (TPSA) is 74.8 Å². The van der Waals surface area contributed by atoms with Crippen molar-refractivity contribution in [1.29, 1.82) is 0 Å². The summed E-state index contributed by atoms with van der Waals surface area (Å²) < 4.78 is 0. The number of nitrogens with zero attached hydrogens (tertiary/aromatic N) is 4. The van der Waals surface area contributed by atoms with Gasteiger partial charge in [0.15, 0.2) is 0 Å². The van der Waals surface area contributed by atoms with Crippen molar-refractivity contribution >= 4 is 23.6 Å². The first-order valence-electron chi connectivity index (χ1n) is 7.64. The highest BCUT2D eigenvalue weighted by Crippen LogP contribution is 2.45. The Morgan fingerprint density at radius 3 is 2.42 bits per heavy atom. The highest BCUT2D eigenvalue weighted by molar-refractivity contribution is 8.01. The van der Waals surface area contributed by atoms with Crippen LogP contribution in [0.1, 0.15) is 16.5 Å². The number of anilines is 1. The van der Waals surface area contributed by atoms with Gasteiger partial charge in [0.25, 0.3) is 5.95 Å². The van der Waals surface area contributed by atoms with Gasteiger partial charge in [-0.15, -0.1) is 16.9 Å². The number of tetrazole rings is 1. The van der Waals surface area contributed by atoms with Crippen LogP contribution < -0.4 is 4.90 Å². The first-order valence-corrected chi connectivity index (χ1v) is 8.58. The van der Waals surface area contributed by atoms with Gasteiger partial charge in [0, 0.05) is 0 Å². The minimum Gasteiger partial charge on any atom is -0.273 e. The zero-order valence-corrected chi connectivity index (χ0v) is 13.6. The van der Waals surface area contributed by atoms with Gasteiger partial charge in [-0.25, -0.2) is 0 Å². The number of carbonyl (C=O) groups excluding carboxylic acids is 1. The third-order valence-corrected chi connectivity index (χ3v) is 5.38. The smallest absolute Gasteiger partial charge is 0.273 e. The molecule has 24 heavy (non-hydrogen) atoms. The van der Waals surface area contributed by atoms with Crippen molar-refractivity contribution in [2.75, 3.05) is 4.90 Å². The van der Waals surface area contributed by atoms with Crippen LogP contribution in [0.15, 0.2) is 60.7 Å². The molecule has 0 unspecified atom stereocenters. The van der Waals surface area contributed by atoms with E-state index in [0.717, 1.165) is 11.1 Å². The fourth-order valence-corrected chi connectivity index (χ4v) is 4.28. The van der Waals surface area contributed by atoms with E-state index in [2.05, 4.69) is 20.6 Å². The van der Waals surface area contributed by atoms with Crippen molar-refractivity contribution in [3.05, 3.63) is 71.8 Å². The number of nitrogens with one attached hydrogen (secondary N) is 1. The van der Waals surface area contributed by atoms with Gasteiger partial charge in [-0.1, -0.05) is 65.8 Å². The van der Waals surface area contributed by atoms with Crippen LogP contribution in [0.5, 0.6) is 0 Å². The Bertz CT molecular complexity index is 810. The van der Waals surface area contributed by atoms with Crippen molar-refractivity contribution in [2.24, 2.45) is 0 Å². The Hall–Kier alpha value is -2.67. The number of thioether (sulfide) groups is 1. The van der Waals surface area contributed by atoms with E-state index < -0.39 is 0 Å². The molecule has 1 aliphatic heterocycles. The second-order valence-electron chi connectivity index (χ2n) is 5.50. The highest BCUT2D eigenvalue weighted by atomic mass is 32.2. The van der Waals surface area contributed by atoms with Gasteiger partial charge in [-0.3, -0.25) is 9.69 Å². The Kier molecular flexibility index (Phi) is 4.00. The lowest BCUT2D eigenvalue weighted by molar-refractivity contribution is -0.117. The number of carbonyl (C=O) groups is 1. The summed E-state index contributed by atoms with van der Waals surface area (Å²) in [4.78, 5) is 14.6. The average molecular weight is 337 g/mol. The van der Waals surface area contributed by atoms with E-state index in [0.29, 0.717) is 12.4 Å². The van der Waals surface area contributed by atoms with E-state index in [4.69, 9.17) is 0 Å². The lowest BCUT2D eigenvalue weighted by Crippen LogP contribution is -2.32. The largest absolute Gasteiger partial charge is 0.273 e. The summed E-state index contributed by atoms with van der Waals surface area (Å²) in [5.74, 6) is 0.330. The number of amides is 1. The van der Waals surface area contributed by atoms with Gasteiger partial charge in [0.1, 0.15) is 5.37 Å². The zero-order chi connectivity index (χ0) is 16.4. The summed E-state index contributed by atoms with van der Waals surface area (Å²) in [5, 5.41) is 13.7. The maximum absolute atomic E-state index is 13.0. The van der Waals surface area contributed by atoms with E-state index in [9.17, 15) is 4.79 Å². The fourth-order valence-electron chi connectivity index (χ4n) is 2.82. The molecule has 1 fully saturated rings. The van der Waals surface area contributed by atoms with Crippen LogP contribution in [0.2, 0.25) is 0 Å². The molecule has 2 atom stereocenters. The lowest BCUT2D eigenvalue weighted by Gasteiger charge is -2.19. The minimum atomic E-state index is -0.170. The lowest BCUT2D eigenvalue weighted by atomic mass is 10.1. The molecule has 0 aliphatic carbocycles. The molecule has 0 radical (unpaired) electrons. The zero-order valence-electron chi connectivity index (χ0n) is 12.7. The summed E-state index contributed by atoms with van der Waals surface area (Å²) in [7, 11) is 0. The Labute approximate surface area is 143 Å². The monoisotopic (exact) mass is 337 g/mol. The van der Waals surface area contributed by atoms with Gasteiger partial charge >= 0.3 is 0 Å². The van der Waals surface area contributed by atoms with E-state index in [1.165, 1.54) is 0 Å². The molecular formula is C17H15N5OS. The quantitative estimate of drug-likeness (QED) is 0.792. The van der Waals surface area contributed by atoms with Crippen LogP contribution in [-0.4, -0.2) is 31.8 Å². The van der Waals surface area contributed by atoms with Crippen molar-refractivity contribution < 1.29 is 4.79 Å². The fraction of sp³-hybridized carbons (Fsp3) is 0.176. The van der Waals surface area contributed by atoms with E-state index in [1.54, 1.807) is 16.7 Å². The van der Waals surface area contributed by atoms with Crippen LogP contribution in [0.4, 0.5) is 5.95 Å². The molecular weight excluding hydrogens is 322 g/mol. The predicted octanol–water partition coefficient (Wildman–Crippen LogP) is 2.59. The standard InChI is InChI=1S/C17H15N5OS/c23-15-14(11-12-7-3-1-4-8-12)24-16(13-9-5-2-6-10-13)22(15)17-18-20-21-19-17/h1-10,14,16H,11H2,(H,18,19,20,21)/t14-,16-/m0/s1. The molecule has 1 aromatic heterocycles. The SMILES string of the molecule is O=C1[C@H](Cc2ccccc2)S[C@@H](c2ccccc2)N1c1nn[nH]n1. The maximum Gasteiger partial charge on any atom is 0.273 e. The number of hydrogen-bond donors (Lipinski definition) is 1. The molecule has 1 amide bonds. The van der Waals surface area contributed by atoms with Crippen molar-refractivity contribution in [3.8, 4) is 0 Å². The summed E-state index contributed by atoms with van der Waals surface area (Å²) in [6.45, 7) is 0. The Balaban J connectivity index is 1.66. The Morgan fingerprint density at radius 2 is 1.75 bits per heavy atom. The molecule has 6 nitrogen and oxygen atoms in total. The number of hydrogen-bond acceptors (Lipinski definition) is 5. The molecule has 3 aromatic rings. The number of rotatable bonds is 4. The molecule has 1 aliphatic rings. The van der Waals surface area contributed by atoms with Crippen LogP contribution in [0.3, 0.4) is 0 Å². The Morgan fingerprint density at radius 1 is 1.04 bits per heavy atom. The third kappa shape index (κ3) is 2.78. The third-order valence-electron chi connectivity index (χ3n) is 3.94. The van der Waals surface area contributed by atoms with Crippen LogP contribution in [0, 0.1) is 0 Å². The minimum absolute atomic E-state index is 0.0131. The van der Waals surface area contributed by atoms with Gasteiger partial charge in [-0.05, 0) is 22.8 Å².